The van der Waals surface area contributed by atoms with Crippen LogP contribution in [0, 0.1) is 0 Å². The van der Waals surface area contributed by atoms with Crippen LogP contribution in [-0.4, -0.2) is 20.1 Å². The predicted molar refractivity (Wildman–Crippen MR) is 94.9 cm³/mol. The van der Waals surface area contributed by atoms with Crippen molar-refractivity contribution in [3.05, 3.63) is 64.0 Å². The van der Waals surface area contributed by atoms with Crippen molar-refractivity contribution in [3.63, 3.8) is 0 Å². The molecule has 26 heavy (non-hydrogen) atoms. The first-order valence-corrected chi connectivity index (χ1v) is 7.73. The number of benzene rings is 2. The smallest absolute Gasteiger partial charge is 0.336 e. The Hall–Kier alpha value is -3.48. The number of rotatable bonds is 6. The summed E-state index contributed by atoms with van der Waals surface area (Å²) in [5.41, 5.74) is 6.09. The molecule has 0 fully saturated rings. The number of ether oxygens (including phenoxy) is 3. The molecule has 0 aliphatic heterocycles. The molecule has 2 N–H and O–H groups in total. The fourth-order valence-corrected chi connectivity index (χ4v) is 2.56. The van der Waals surface area contributed by atoms with E-state index in [2.05, 4.69) is 0 Å². The van der Waals surface area contributed by atoms with E-state index >= 15 is 0 Å². The summed E-state index contributed by atoms with van der Waals surface area (Å²) >= 11 is 0. The van der Waals surface area contributed by atoms with Crippen molar-refractivity contribution < 1.29 is 23.4 Å². The lowest BCUT2D eigenvalue weighted by atomic mass is 10.1. The average molecular weight is 355 g/mol. The molecular weight excluding hydrogens is 338 g/mol. The second kappa shape index (κ2) is 7.18. The highest BCUT2D eigenvalue weighted by molar-refractivity contribution is 5.95. The quantitative estimate of drug-likeness (QED) is 0.682. The Morgan fingerprint density at radius 1 is 1.04 bits per heavy atom. The number of hydrogen-bond donors (Lipinski definition) is 1. The molecule has 0 atom stereocenters. The van der Waals surface area contributed by atoms with Gasteiger partial charge in [0.2, 0.25) is 0 Å². The van der Waals surface area contributed by atoms with Crippen LogP contribution in [0.15, 0.2) is 51.7 Å². The van der Waals surface area contributed by atoms with Crippen molar-refractivity contribution in [1.29, 1.82) is 0 Å². The van der Waals surface area contributed by atoms with Gasteiger partial charge in [0.1, 0.15) is 29.4 Å². The summed E-state index contributed by atoms with van der Waals surface area (Å²) in [7, 11) is 3.03. The zero-order chi connectivity index (χ0) is 18.7. The molecule has 1 amide bonds. The van der Waals surface area contributed by atoms with E-state index in [1.54, 1.807) is 30.3 Å². The Morgan fingerprint density at radius 3 is 2.42 bits per heavy atom. The van der Waals surface area contributed by atoms with Crippen molar-refractivity contribution in [2.75, 3.05) is 14.2 Å². The first-order chi connectivity index (χ1) is 12.5. The third kappa shape index (κ3) is 3.46. The van der Waals surface area contributed by atoms with Gasteiger partial charge >= 0.3 is 5.63 Å². The molecular formula is C19H17NO6. The van der Waals surface area contributed by atoms with Crippen molar-refractivity contribution in [2.45, 2.75) is 6.61 Å². The van der Waals surface area contributed by atoms with Gasteiger partial charge in [0, 0.05) is 29.1 Å². The maximum Gasteiger partial charge on any atom is 0.336 e. The summed E-state index contributed by atoms with van der Waals surface area (Å²) in [6, 6.07) is 11.2. The molecule has 1 heterocycles. The third-order valence-electron chi connectivity index (χ3n) is 3.87. The molecule has 0 unspecified atom stereocenters. The maximum absolute atomic E-state index is 11.8. The highest BCUT2D eigenvalue weighted by Crippen LogP contribution is 2.27. The molecule has 0 saturated carbocycles. The van der Waals surface area contributed by atoms with Crippen LogP contribution >= 0.6 is 0 Å². The zero-order valence-corrected chi connectivity index (χ0v) is 14.3. The van der Waals surface area contributed by atoms with Gasteiger partial charge in [-0.3, -0.25) is 4.79 Å². The minimum Gasteiger partial charge on any atom is -0.497 e. The van der Waals surface area contributed by atoms with Crippen LogP contribution in [-0.2, 0) is 6.61 Å². The Kier molecular flexibility index (Phi) is 4.79. The summed E-state index contributed by atoms with van der Waals surface area (Å²) < 4.78 is 21.2. The highest BCUT2D eigenvalue weighted by Gasteiger charge is 2.13. The Labute approximate surface area is 148 Å². The molecule has 0 spiro atoms. The second-order valence-corrected chi connectivity index (χ2v) is 5.47. The summed E-state index contributed by atoms with van der Waals surface area (Å²) in [5, 5.41) is 0.703. The molecule has 3 aromatic rings. The molecule has 7 heteroatoms. The zero-order valence-electron chi connectivity index (χ0n) is 14.3. The minimum atomic E-state index is -0.621. The average Bonchev–Trinajstić information content (AvgIpc) is 2.64. The largest absolute Gasteiger partial charge is 0.497 e. The first kappa shape index (κ1) is 17.3. The number of carbonyl (C=O) groups excluding carboxylic acids is 1. The Balaban J connectivity index is 1.98. The van der Waals surface area contributed by atoms with Gasteiger partial charge in [0.05, 0.1) is 19.8 Å². The van der Waals surface area contributed by atoms with Gasteiger partial charge in [0.25, 0.3) is 5.91 Å². The minimum absolute atomic E-state index is 0.0435. The molecule has 134 valence electrons. The van der Waals surface area contributed by atoms with Gasteiger partial charge in [-0.15, -0.1) is 0 Å². The molecule has 1 aromatic heterocycles. The summed E-state index contributed by atoms with van der Waals surface area (Å²) in [6.45, 7) is 0.0435. The molecule has 0 aliphatic rings. The topological polar surface area (TPSA) is 101 Å². The molecule has 0 aliphatic carbocycles. The van der Waals surface area contributed by atoms with Gasteiger partial charge in [-0.2, -0.15) is 0 Å². The van der Waals surface area contributed by atoms with Crippen LogP contribution in [0.3, 0.4) is 0 Å². The molecule has 2 aromatic carbocycles. The SMILES string of the molecule is COc1ccc(C(N)=O)c(OCc2cc(=O)oc3cc(OC)ccc23)c1. The third-order valence-corrected chi connectivity index (χ3v) is 3.87. The van der Waals surface area contributed by atoms with Gasteiger partial charge in [-0.25, -0.2) is 4.79 Å². The molecule has 0 radical (unpaired) electrons. The Bertz CT molecular complexity index is 1020. The van der Waals surface area contributed by atoms with E-state index in [0.29, 0.717) is 28.0 Å². The summed E-state index contributed by atoms with van der Waals surface area (Å²) in [6.07, 6.45) is 0. The number of methoxy groups -OCH3 is 2. The maximum atomic E-state index is 11.8. The van der Waals surface area contributed by atoms with E-state index in [9.17, 15) is 9.59 Å². The number of carbonyl (C=O) groups is 1. The second-order valence-electron chi connectivity index (χ2n) is 5.47. The van der Waals surface area contributed by atoms with Crippen LogP contribution in [0.1, 0.15) is 15.9 Å². The number of fused-ring (bicyclic) bond motifs is 1. The molecule has 7 nitrogen and oxygen atoms in total. The van der Waals surface area contributed by atoms with Crippen LogP contribution < -0.4 is 25.6 Å². The van der Waals surface area contributed by atoms with E-state index in [0.717, 1.165) is 0 Å². The van der Waals surface area contributed by atoms with Crippen molar-refractivity contribution >= 4 is 16.9 Å². The molecule has 0 saturated heterocycles. The van der Waals surface area contributed by atoms with Gasteiger partial charge in [-0.1, -0.05) is 0 Å². The lowest BCUT2D eigenvalue weighted by Gasteiger charge is -2.12. The van der Waals surface area contributed by atoms with Gasteiger partial charge in [-0.05, 0) is 24.3 Å². The normalized spacial score (nSPS) is 10.5. The van der Waals surface area contributed by atoms with E-state index in [4.69, 9.17) is 24.4 Å². The van der Waals surface area contributed by atoms with E-state index in [1.165, 1.54) is 26.4 Å². The lowest BCUT2D eigenvalue weighted by Crippen LogP contribution is -2.13. The number of hydrogen-bond acceptors (Lipinski definition) is 6. The molecule has 3 rings (SSSR count). The van der Waals surface area contributed by atoms with Gasteiger partial charge < -0.3 is 24.4 Å². The Morgan fingerprint density at radius 2 is 1.73 bits per heavy atom. The van der Waals surface area contributed by atoms with Crippen molar-refractivity contribution in [1.82, 2.24) is 0 Å². The molecule has 0 bridgehead atoms. The van der Waals surface area contributed by atoms with Crippen LogP contribution in [0.5, 0.6) is 17.2 Å². The standard InChI is InChI=1S/C19H17NO6/c1-23-12-4-6-15(19(20)22)16(8-12)25-10-11-7-18(21)26-17-9-13(24-2)3-5-14(11)17/h3-9H,10H2,1-2H3,(H2,20,22). The number of nitrogens with two attached hydrogens (primary N) is 1. The van der Waals surface area contributed by atoms with Crippen LogP contribution in [0.2, 0.25) is 0 Å². The van der Waals surface area contributed by atoms with Crippen molar-refractivity contribution in [3.8, 4) is 17.2 Å². The fourth-order valence-electron chi connectivity index (χ4n) is 2.56. The summed E-state index contributed by atoms with van der Waals surface area (Å²) in [4.78, 5) is 23.4. The van der Waals surface area contributed by atoms with E-state index < -0.39 is 11.5 Å². The van der Waals surface area contributed by atoms with Crippen LogP contribution in [0.25, 0.3) is 11.0 Å². The first-order valence-electron chi connectivity index (χ1n) is 7.73. The lowest BCUT2D eigenvalue weighted by molar-refractivity contribution is 0.0996. The van der Waals surface area contributed by atoms with E-state index in [-0.39, 0.29) is 17.9 Å². The highest BCUT2D eigenvalue weighted by atomic mass is 16.5. The predicted octanol–water partition coefficient (Wildman–Crippen LogP) is 2.49. The van der Waals surface area contributed by atoms with Crippen molar-refractivity contribution in [2.24, 2.45) is 5.73 Å². The van der Waals surface area contributed by atoms with Crippen LogP contribution in [0.4, 0.5) is 0 Å². The number of amides is 1. The number of primary amides is 1. The monoisotopic (exact) mass is 355 g/mol. The summed E-state index contributed by atoms with van der Waals surface area (Å²) in [5.74, 6) is 0.742. The fraction of sp³-hybridized carbons (Fsp3) is 0.158. The van der Waals surface area contributed by atoms with Gasteiger partial charge in [0.15, 0.2) is 0 Å². The van der Waals surface area contributed by atoms with E-state index in [1.807, 2.05) is 0 Å².